The lowest BCUT2D eigenvalue weighted by Crippen LogP contribution is -2.17. The molecule has 284 valence electrons. The molecule has 1 aromatic heterocycles. The summed E-state index contributed by atoms with van der Waals surface area (Å²) in [4.78, 5) is 2.48. The van der Waals surface area contributed by atoms with E-state index in [4.69, 9.17) is 4.42 Å². The second kappa shape index (κ2) is 11.7. The minimum Gasteiger partial charge on any atom is -0.453 e. The van der Waals surface area contributed by atoms with Gasteiger partial charge in [-0.2, -0.15) is 0 Å². The Balaban J connectivity index is 1.05. The molecule has 3 aliphatic rings. The molecule has 3 aliphatic carbocycles. The first-order valence-electron chi connectivity index (χ1n) is 21.2. The van der Waals surface area contributed by atoms with E-state index in [0.717, 1.165) is 50.1 Å². The molecule has 0 unspecified atom stereocenters. The van der Waals surface area contributed by atoms with Gasteiger partial charge < -0.3 is 9.32 Å². The Morgan fingerprint density at radius 2 is 0.950 bits per heavy atom. The molecule has 0 fully saturated rings. The summed E-state index contributed by atoms with van der Waals surface area (Å²) in [5.74, 6) is 0. The van der Waals surface area contributed by atoms with E-state index >= 15 is 0 Å². The van der Waals surface area contributed by atoms with Crippen molar-refractivity contribution in [1.29, 1.82) is 0 Å². The van der Waals surface area contributed by atoms with Gasteiger partial charge >= 0.3 is 0 Å². The van der Waals surface area contributed by atoms with Crippen LogP contribution in [0.25, 0.3) is 88.3 Å². The Labute approximate surface area is 350 Å². The van der Waals surface area contributed by atoms with Crippen molar-refractivity contribution in [2.45, 2.75) is 38.5 Å². The first-order chi connectivity index (χ1) is 29.3. The van der Waals surface area contributed by atoms with Crippen molar-refractivity contribution in [3.8, 4) is 55.6 Å². The maximum absolute atomic E-state index is 7.30. The fourth-order valence-corrected chi connectivity index (χ4v) is 11.3. The van der Waals surface area contributed by atoms with Crippen LogP contribution < -0.4 is 4.90 Å². The Kier molecular flexibility index (Phi) is 6.61. The van der Waals surface area contributed by atoms with Gasteiger partial charge in [0.1, 0.15) is 5.58 Å². The van der Waals surface area contributed by atoms with Gasteiger partial charge in [-0.1, -0.05) is 173 Å². The predicted molar refractivity (Wildman–Crippen MR) is 251 cm³/mol. The number of benzene rings is 9. The van der Waals surface area contributed by atoms with E-state index in [2.05, 4.69) is 209 Å². The smallest absolute Gasteiger partial charge is 0.159 e. The number of para-hydroxylation sites is 2. The van der Waals surface area contributed by atoms with Gasteiger partial charge in [-0.15, -0.1) is 0 Å². The second-order valence-corrected chi connectivity index (χ2v) is 18.0. The third-order valence-corrected chi connectivity index (χ3v) is 14.2. The normalized spacial score (nSPS) is 14.6. The Morgan fingerprint density at radius 1 is 0.383 bits per heavy atom. The molecule has 0 bridgehead atoms. The van der Waals surface area contributed by atoms with Crippen LogP contribution in [0.5, 0.6) is 0 Å². The minimum atomic E-state index is -0.149. The molecule has 0 N–H and O–H groups in total. The SMILES string of the molecule is CC1(C)c2ccccc2-c2ccc(N(c3cccc4c3-c3ccccc3C4(C)C)c3cccc4c3oc3c(-c5ccc6c(c5)-c5cccc7cccc-6c57)cccc34)cc21. The van der Waals surface area contributed by atoms with Crippen LogP contribution in [0.4, 0.5) is 17.1 Å². The van der Waals surface area contributed by atoms with Gasteiger partial charge in [0.25, 0.3) is 0 Å². The van der Waals surface area contributed by atoms with Crippen LogP contribution in [0.2, 0.25) is 0 Å². The molecule has 9 aromatic carbocycles. The van der Waals surface area contributed by atoms with E-state index in [0.29, 0.717) is 0 Å². The highest BCUT2D eigenvalue weighted by molar-refractivity contribution is 6.17. The van der Waals surface area contributed by atoms with Gasteiger partial charge in [0.15, 0.2) is 5.58 Å². The summed E-state index contributed by atoms with van der Waals surface area (Å²) in [7, 11) is 0. The molecule has 10 aromatic rings. The predicted octanol–water partition coefficient (Wildman–Crippen LogP) is 16.1. The molecule has 13 rings (SSSR count). The number of rotatable bonds is 4. The van der Waals surface area contributed by atoms with E-state index in [1.54, 1.807) is 0 Å². The van der Waals surface area contributed by atoms with Crippen molar-refractivity contribution >= 4 is 49.8 Å². The summed E-state index contributed by atoms with van der Waals surface area (Å²) in [5.41, 5.74) is 22.9. The summed E-state index contributed by atoms with van der Waals surface area (Å²) < 4.78 is 7.30. The lowest BCUT2D eigenvalue weighted by molar-refractivity contribution is 0.660. The average molecular weight is 768 g/mol. The van der Waals surface area contributed by atoms with Crippen LogP contribution in [0.15, 0.2) is 180 Å². The number of furan rings is 1. The molecule has 0 amide bonds. The molecule has 0 spiro atoms. The number of hydrogen-bond acceptors (Lipinski definition) is 2. The average Bonchev–Trinajstić information content (AvgIpc) is 3.96. The molecule has 60 heavy (non-hydrogen) atoms. The van der Waals surface area contributed by atoms with Crippen LogP contribution in [0.3, 0.4) is 0 Å². The largest absolute Gasteiger partial charge is 0.453 e. The molecule has 2 heteroatoms. The molecular formula is C58H41NO. The van der Waals surface area contributed by atoms with E-state index in [-0.39, 0.29) is 10.8 Å². The Bertz CT molecular complexity index is 3500. The molecule has 0 atom stereocenters. The van der Waals surface area contributed by atoms with Gasteiger partial charge in [0, 0.05) is 38.4 Å². The Hall–Kier alpha value is -7.16. The maximum Gasteiger partial charge on any atom is 0.159 e. The standard InChI is InChI=1S/C58H41NO/c1-57(2)48-24-8-6-17-45(48)54-49(57)25-13-26-51(54)59(36-29-31-40-39-16-5-7-23-47(39)58(3,4)50(40)33-36)52-27-12-22-44-43-21-11-18-37(55(43)60-56(44)52)35-28-30-38-41-19-9-14-34-15-10-20-42(53(34)41)46(38)32-35/h5-33H,1-4H3. The first-order valence-corrected chi connectivity index (χ1v) is 21.2. The maximum atomic E-state index is 7.30. The van der Waals surface area contributed by atoms with E-state index in [1.165, 1.54) is 77.5 Å². The zero-order valence-corrected chi connectivity index (χ0v) is 34.1. The molecule has 0 saturated heterocycles. The van der Waals surface area contributed by atoms with Crippen LogP contribution in [0.1, 0.15) is 49.9 Å². The van der Waals surface area contributed by atoms with Crippen molar-refractivity contribution in [2.24, 2.45) is 0 Å². The minimum absolute atomic E-state index is 0.141. The fraction of sp³-hybridized carbons (Fsp3) is 0.103. The summed E-state index contributed by atoms with van der Waals surface area (Å²) in [6.07, 6.45) is 0. The topological polar surface area (TPSA) is 16.4 Å². The lowest BCUT2D eigenvalue weighted by Gasteiger charge is -2.30. The zero-order chi connectivity index (χ0) is 40.1. The Morgan fingerprint density at radius 3 is 1.77 bits per heavy atom. The van der Waals surface area contributed by atoms with Gasteiger partial charge in [-0.05, 0) is 108 Å². The number of nitrogens with zero attached hydrogens (tertiary/aromatic N) is 1. The van der Waals surface area contributed by atoms with Gasteiger partial charge in [0.2, 0.25) is 0 Å². The summed E-state index contributed by atoms with van der Waals surface area (Å²) >= 11 is 0. The highest BCUT2D eigenvalue weighted by Crippen LogP contribution is 2.57. The zero-order valence-electron chi connectivity index (χ0n) is 34.1. The molecule has 2 nitrogen and oxygen atoms in total. The molecule has 0 aliphatic heterocycles. The molecule has 0 saturated carbocycles. The van der Waals surface area contributed by atoms with Crippen molar-refractivity contribution in [3.05, 3.63) is 198 Å². The van der Waals surface area contributed by atoms with E-state index in [9.17, 15) is 0 Å². The van der Waals surface area contributed by atoms with Crippen LogP contribution in [-0.2, 0) is 10.8 Å². The van der Waals surface area contributed by atoms with Gasteiger partial charge in [-0.3, -0.25) is 0 Å². The van der Waals surface area contributed by atoms with E-state index in [1.807, 2.05) is 0 Å². The third-order valence-electron chi connectivity index (χ3n) is 14.2. The monoisotopic (exact) mass is 767 g/mol. The van der Waals surface area contributed by atoms with Gasteiger partial charge in [-0.25, -0.2) is 0 Å². The highest BCUT2D eigenvalue weighted by Gasteiger charge is 2.39. The fourth-order valence-electron chi connectivity index (χ4n) is 11.3. The highest BCUT2D eigenvalue weighted by atomic mass is 16.3. The number of anilines is 3. The van der Waals surface area contributed by atoms with Crippen LogP contribution >= 0.6 is 0 Å². The molecule has 0 radical (unpaired) electrons. The van der Waals surface area contributed by atoms with Crippen molar-refractivity contribution in [1.82, 2.24) is 0 Å². The first kappa shape index (κ1) is 33.8. The summed E-state index contributed by atoms with van der Waals surface area (Å²) in [6.45, 7) is 9.45. The van der Waals surface area contributed by atoms with Gasteiger partial charge in [0.05, 0.1) is 11.4 Å². The molecule has 1 heterocycles. The lowest BCUT2D eigenvalue weighted by atomic mass is 9.82. The van der Waals surface area contributed by atoms with Crippen LogP contribution in [0, 0.1) is 0 Å². The quantitative estimate of drug-likeness (QED) is 0.177. The van der Waals surface area contributed by atoms with Crippen molar-refractivity contribution in [2.75, 3.05) is 4.90 Å². The van der Waals surface area contributed by atoms with Crippen molar-refractivity contribution in [3.63, 3.8) is 0 Å². The van der Waals surface area contributed by atoms with Crippen LogP contribution in [-0.4, -0.2) is 0 Å². The number of fused-ring (bicyclic) bond motifs is 12. The molecular weight excluding hydrogens is 727 g/mol. The second-order valence-electron chi connectivity index (χ2n) is 18.0. The third kappa shape index (κ3) is 4.33. The van der Waals surface area contributed by atoms with E-state index < -0.39 is 0 Å². The van der Waals surface area contributed by atoms with Crippen molar-refractivity contribution < 1.29 is 4.42 Å². The summed E-state index contributed by atoms with van der Waals surface area (Å²) in [5, 5.41) is 4.85. The number of hydrogen-bond donors (Lipinski definition) is 0. The summed E-state index contributed by atoms with van der Waals surface area (Å²) in [6, 6.07) is 65.4.